The van der Waals surface area contributed by atoms with Crippen molar-refractivity contribution in [1.29, 1.82) is 0 Å². The molecule has 1 aromatic carbocycles. The zero-order valence-electron chi connectivity index (χ0n) is 10.5. The molecule has 0 spiro atoms. The number of carbonyl (C=O) groups excluding carboxylic acids is 1. The number of benzene rings is 1. The molecular weight excluding hydrogens is 248 g/mol. The zero-order valence-corrected chi connectivity index (χ0v) is 10.5. The molecule has 0 aliphatic carbocycles. The van der Waals surface area contributed by atoms with Gasteiger partial charge in [-0.25, -0.2) is 0 Å². The van der Waals surface area contributed by atoms with E-state index in [9.17, 15) is 15.0 Å². The van der Waals surface area contributed by atoms with Crippen LogP contribution >= 0.6 is 0 Å². The van der Waals surface area contributed by atoms with Crippen LogP contribution < -0.4 is 11.1 Å². The molecule has 2 rings (SSSR count). The topological polar surface area (TPSA) is 105 Å². The number of ether oxygens (including phenoxy) is 1. The summed E-state index contributed by atoms with van der Waals surface area (Å²) in [5, 5.41) is 22.6. The maximum absolute atomic E-state index is 12.0. The van der Waals surface area contributed by atoms with E-state index in [-0.39, 0.29) is 19.7 Å². The highest BCUT2D eigenvalue weighted by molar-refractivity contribution is 5.86. The third kappa shape index (κ3) is 2.76. The van der Waals surface area contributed by atoms with Gasteiger partial charge in [-0.2, -0.15) is 0 Å². The molecule has 104 valence electrons. The van der Waals surface area contributed by atoms with Crippen LogP contribution in [0.2, 0.25) is 0 Å². The van der Waals surface area contributed by atoms with E-state index < -0.39 is 23.7 Å². The second kappa shape index (κ2) is 5.66. The molecule has 0 radical (unpaired) electrons. The lowest BCUT2D eigenvalue weighted by Crippen LogP contribution is -2.56. The zero-order chi connectivity index (χ0) is 13.9. The normalized spacial score (nSPS) is 30.3. The first kappa shape index (κ1) is 14.0. The number of amides is 1. The third-order valence-corrected chi connectivity index (χ3v) is 3.28. The standard InChI is InChI=1S/C13H18N2O4/c14-6-10-11(16)13(18,8-19-10)12(17)15-7-9-4-2-1-3-5-9/h1-5,10-11,16,18H,6-8,14H2,(H,15,17)/t10?,11-,13-/m1/s1. The lowest BCUT2D eigenvalue weighted by molar-refractivity contribution is -0.148. The summed E-state index contributed by atoms with van der Waals surface area (Å²) in [6, 6.07) is 9.30. The number of carbonyl (C=O) groups is 1. The molecule has 0 bridgehead atoms. The van der Waals surface area contributed by atoms with Gasteiger partial charge >= 0.3 is 0 Å². The van der Waals surface area contributed by atoms with Gasteiger partial charge in [0.2, 0.25) is 0 Å². The van der Waals surface area contributed by atoms with E-state index in [1.165, 1.54) is 0 Å². The maximum atomic E-state index is 12.0. The second-order valence-corrected chi connectivity index (χ2v) is 4.62. The van der Waals surface area contributed by atoms with Crippen LogP contribution in [0, 0.1) is 0 Å². The SMILES string of the molecule is NCC1OC[C@](O)(C(=O)NCc2ccccc2)[C@@H]1O. The van der Waals surface area contributed by atoms with Gasteiger partial charge in [-0.05, 0) is 5.56 Å². The summed E-state index contributed by atoms with van der Waals surface area (Å²) in [6.07, 6.45) is -2.03. The predicted octanol–water partition coefficient (Wildman–Crippen LogP) is -1.25. The highest BCUT2D eigenvalue weighted by Gasteiger charge is 2.52. The molecular formula is C13H18N2O4. The molecule has 1 saturated heterocycles. The molecule has 0 aromatic heterocycles. The van der Waals surface area contributed by atoms with Crippen molar-refractivity contribution in [3.63, 3.8) is 0 Å². The predicted molar refractivity (Wildman–Crippen MR) is 68.0 cm³/mol. The molecule has 1 fully saturated rings. The van der Waals surface area contributed by atoms with Gasteiger partial charge in [-0.15, -0.1) is 0 Å². The molecule has 1 aromatic rings. The summed E-state index contributed by atoms with van der Waals surface area (Å²) >= 11 is 0. The first-order valence-electron chi connectivity index (χ1n) is 6.12. The van der Waals surface area contributed by atoms with Crippen LogP contribution in [0.1, 0.15) is 5.56 Å². The van der Waals surface area contributed by atoms with Gasteiger partial charge in [0.05, 0.1) is 12.7 Å². The Bertz CT molecular complexity index is 440. The fourth-order valence-corrected chi connectivity index (χ4v) is 2.05. The largest absolute Gasteiger partial charge is 0.387 e. The number of aliphatic hydroxyl groups is 2. The third-order valence-electron chi connectivity index (χ3n) is 3.28. The average Bonchev–Trinajstić information content (AvgIpc) is 2.74. The average molecular weight is 266 g/mol. The van der Waals surface area contributed by atoms with Gasteiger partial charge in [0.25, 0.3) is 5.91 Å². The van der Waals surface area contributed by atoms with Crippen LogP contribution in [0.4, 0.5) is 0 Å². The Morgan fingerprint density at radius 1 is 1.47 bits per heavy atom. The lowest BCUT2D eigenvalue weighted by atomic mass is 9.95. The summed E-state index contributed by atoms with van der Waals surface area (Å²) < 4.78 is 5.12. The van der Waals surface area contributed by atoms with Crippen LogP contribution in [0.25, 0.3) is 0 Å². The molecule has 19 heavy (non-hydrogen) atoms. The van der Waals surface area contributed by atoms with Gasteiger partial charge in [0, 0.05) is 13.1 Å². The van der Waals surface area contributed by atoms with E-state index in [0.29, 0.717) is 0 Å². The number of aliphatic hydroxyl groups excluding tert-OH is 1. The van der Waals surface area contributed by atoms with Gasteiger partial charge in [0.15, 0.2) is 5.60 Å². The van der Waals surface area contributed by atoms with E-state index in [0.717, 1.165) is 5.56 Å². The van der Waals surface area contributed by atoms with Crippen molar-refractivity contribution in [2.75, 3.05) is 13.2 Å². The Labute approximate surface area is 111 Å². The molecule has 1 unspecified atom stereocenters. The number of rotatable bonds is 4. The number of nitrogens with one attached hydrogen (secondary N) is 1. The fraction of sp³-hybridized carbons (Fsp3) is 0.462. The van der Waals surface area contributed by atoms with Crippen molar-refractivity contribution in [2.24, 2.45) is 5.73 Å². The Hall–Kier alpha value is -1.47. The number of nitrogens with two attached hydrogens (primary N) is 1. The van der Waals surface area contributed by atoms with E-state index in [2.05, 4.69) is 5.32 Å². The minimum atomic E-state index is -1.93. The van der Waals surface area contributed by atoms with Gasteiger partial charge in [0.1, 0.15) is 6.10 Å². The van der Waals surface area contributed by atoms with Gasteiger partial charge in [-0.1, -0.05) is 30.3 Å². The van der Waals surface area contributed by atoms with Crippen molar-refractivity contribution in [3.8, 4) is 0 Å². The minimum absolute atomic E-state index is 0.0510. The Kier molecular flexibility index (Phi) is 4.16. The van der Waals surface area contributed by atoms with E-state index in [1.807, 2.05) is 30.3 Å². The fourth-order valence-electron chi connectivity index (χ4n) is 2.05. The van der Waals surface area contributed by atoms with Crippen molar-refractivity contribution in [2.45, 2.75) is 24.4 Å². The van der Waals surface area contributed by atoms with Gasteiger partial charge in [-0.3, -0.25) is 4.79 Å². The van der Waals surface area contributed by atoms with E-state index in [1.54, 1.807) is 0 Å². The molecule has 6 nitrogen and oxygen atoms in total. The van der Waals surface area contributed by atoms with Crippen molar-refractivity contribution in [1.82, 2.24) is 5.32 Å². The summed E-state index contributed by atoms with van der Waals surface area (Å²) in [6.45, 7) is 0.0775. The first-order valence-corrected chi connectivity index (χ1v) is 6.12. The highest BCUT2D eigenvalue weighted by atomic mass is 16.5. The van der Waals surface area contributed by atoms with Crippen molar-refractivity contribution >= 4 is 5.91 Å². The van der Waals surface area contributed by atoms with Crippen molar-refractivity contribution in [3.05, 3.63) is 35.9 Å². The number of hydrogen-bond donors (Lipinski definition) is 4. The summed E-state index contributed by atoms with van der Waals surface area (Å²) in [5.41, 5.74) is 4.36. The Balaban J connectivity index is 1.96. The molecule has 6 heteroatoms. The molecule has 1 aliphatic heterocycles. The van der Waals surface area contributed by atoms with E-state index in [4.69, 9.17) is 10.5 Å². The van der Waals surface area contributed by atoms with Crippen LogP contribution in [-0.4, -0.2) is 47.1 Å². The van der Waals surface area contributed by atoms with Crippen molar-refractivity contribution < 1.29 is 19.7 Å². The Morgan fingerprint density at radius 3 is 2.74 bits per heavy atom. The van der Waals surface area contributed by atoms with Crippen LogP contribution in [0.5, 0.6) is 0 Å². The number of hydrogen-bond acceptors (Lipinski definition) is 5. The summed E-state index contributed by atoms with van der Waals surface area (Å²) in [5.74, 6) is -0.653. The summed E-state index contributed by atoms with van der Waals surface area (Å²) in [7, 11) is 0. The van der Waals surface area contributed by atoms with E-state index >= 15 is 0 Å². The highest BCUT2D eigenvalue weighted by Crippen LogP contribution is 2.24. The quantitative estimate of drug-likeness (QED) is 0.545. The lowest BCUT2D eigenvalue weighted by Gasteiger charge is -2.24. The van der Waals surface area contributed by atoms with Crippen LogP contribution in [0.3, 0.4) is 0 Å². The van der Waals surface area contributed by atoms with Crippen LogP contribution in [-0.2, 0) is 16.1 Å². The van der Waals surface area contributed by atoms with Crippen LogP contribution in [0.15, 0.2) is 30.3 Å². The Morgan fingerprint density at radius 2 is 2.16 bits per heavy atom. The monoisotopic (exact) mass is 266 g/mol. The molecule has 5 N–H and O–H groups in total. The van der Waals surface area contributed by atoms with Gasteiger partial charge < -0.3 is 26.0 Å². The molecule has 1 heterocycles. The molecule has 1 amide bonds. The molecule has 0 saturated carbocycles. The summed E-state index contributed by atoms with van der Waals surface area (Å²) in [4.78, 5) is 12.0. The minimum Gasteiger partial charge on any atom is -0.387 e. The smallest absolute Gasteiger partial charge is 0.257 e. The molecule has 1 aliphatic rings. The molecule has 3 atom stereocenters. The maximum Gasteiger partial charge on any atom is 0.257 e. The first-order chi connectivity index (χ1) is 9.08. The second-order valence-electron chi connectivity index (χ2n) is 4.62.